The van der Waals surface area contributed by atoms with Gasteiger partial charge in [0.05, 0.1) is 39.6 Å². The molecule has 28 heavy (non-hydrogen) atoms. The average molecular weight is 400 g/mol. The third kappa shape index (κ3) is 4.36. The van der Waals surface area contributed by atoms with E-state index in [9.17, 15) is 19.7 Å². The first-order valence-corrected chi connectivity index (χ1v) is 8.48. The minimum Gasteiger partial charge on any atom is -0.467 e. The Hall–Kier alpha value is -3.65. The van der Waals surface area contributed by atoms with Crippen molar-refractivity contribution in [3.63, 3.8) is 0 Å². The lowest BCUT2D eigenvalue weighted by atomic mass is 10.1. The first-order chi connectivity index (χ1) is 13.5. The van der Waals surface area contributed by atoms with Gasteiger partial charge in [0.2, 0.25) is 0 Å². The summed E-state index contributed by atoms with van der Waals surface area (Å²) in [5, 5.41) is 16.0. The van der Waals surface area contributed by atoms with Crippen LogP contribution in [0.25, 0.3) is 0 Å². The van der Waals surface area contributed by atoms with Crippen LogP contribution in [-0.2, 0) is 6.54 Å². The Balaban J connectivity index is 1.76. The minimum atomic E-state index is -0.605. The van der Waals surface area contributed by atoms with Crippen molar-refractivity contribution in [1.82, 2.24) is 5.32 Å². The van der Waals surface area contributed by atoms with Gasteiger partial charge >= 0.3 is 0 Å². The number of nitro groups is 1. The molecule has 0 aliphatic rings. The fourth-order valence-electron chi connectivity index (χ4n) is 2.46. The van der Waals surface area contributed by atoms with Gasteiger partial charge in [0.15, 0.2) is 0 Å². The lowest BCUT2D eigenvalue weighted by Crippen LogP contribution is -2.24. The van der Waals surface area contributed by atoms with E-state index in [1.54, 1.807) is 36.4 Å². The summed E-state index contributed by atoms with van der Waals surface area (Å²) in [6.07, 6.45) is 1.50. The number of hydrogen-bond donors (Lipinski definition) is 2. The molecule has 1 heterocycles. The molecule has 0 spiro atoms. The number of halogens is 1. The van der Waals surface area contributed by atoms with Crippen molar-refractivity contribution in [2.24, 2.45) is 0 Å². The number of nitro benzene ring substituents is 1. The molecule has 0 bridgehead atoms. The molecule has 0 saturated heterocycles. The summed E-state index contributed by atoms with van der Waals surface area (Å²) in [6, 6.07) is 13.4. The molecule has 0 aliphatic heterocycles. The molecule has 0 aliphatic carbocycles. The van der Waals surface area contributed by atoms with E-state index in [4.69, 9.17) is 16.0 Å². The van der Waals surface area contributed by atoms with Gasteiger partial charge in [0, 0.05) is 12.1 Å². The summed E-state index contributed by atoms with van der Waals surface area (Å²) >= 11 is 5.99. The van der Waals surface area contributed by atoms with E-state index in [1.807, 2.05) is 0 Å². The van der Waals surface area contributed by atoms with Crippen LogP contribution in [0.4, 0.5) is 11.4 Å². The number of anilines is 1. The van der Waals surface area contributed by atoms with Crippen molar-refractivity contribution < 1.29 is 18.9 Å². The third-order valence-corrected chi connectivity index (χ3v) is 4.14. The van der Waals surface area contributed by atoms with E-state index in [0.717, 1.165) is 6.07 Å². The largest absolute Gasteiger partial charge is 0.467 e. The number of amides is 2. The van der Waals surface area contributed by atoms with Gasteiger partial charge < -0.3 is 15.1 Å². The zero-order valence-corrected chi connectivity index (χ0v) is 15.1. The monoisotopic (exact) mass is 399 g/mol. The van der Waals surface area contributed by atoms with E-state index in [0.29, 0.717) is 5.76 Å². The number of para-hydroxylation sites is 1. The molecule has 1 aromatic heterocycles. The maximum absolute atomic E-state index is 12.5. The van der Waals surface area contributed by atoms with Gasteiger partial charge in [0.1, 0.15) is 5.76 Å². The second-order valence-electron chi connectivity index (χ2n) is 5.68. The molecule has 142 valence electrons. The highest BCUT2D eigenvalue weighted by Gasteiger charge is 2.18. The molecule has 0 saturated carbocycles. The predicted molar refractivity (Wildman–Crippen MR) is 102 cm³/mol. The quantitative estimate of drug-likeness (QED) is 0.479. The van der Waals surface area contributed by atoms with Crippen LogP contribution < -0.4 is 10.6 Å². The summed E-state index contributed by atoms with van der Waals surface area (Å²) in [6.45, 7) is 0.197. The third-order valence-electron chi connectivity index (χ3n) is 3.83. The number of nitrogens with zero attached hydrogens (tertiary/aromatic N) is 1. The van der Waals surface area contributed by atoms with Gasteiger partial charge in [-0.3, -0.25) is 19.7 Å². The molecule has 2 N–H and O–H groups in total. The summed E-state index contributed by atoms with van der Waals surface area (Å²) in [5.74, 6) is -0.402. The molecule has 0 fully saturated rings. The maximum Gasteiger partial charge on any atom is 0.270 e. The van der Waals surface area contributed by atoms with Crippen LogP contribution in [0.3, 0.4) is 0 Å². The molecule has 2 aromatic carbocycles. The van der Waals surface area contributed by atoms with Gasteiger partial charge in [-0.25, -0.2) is 0 Å². The Kier molecular flexibility index (Phi) is 5.71. The standard InChI is InChI=1S/C19H14ClN3O5/c20-16-10-12(23(26)27)7-8-14(16)19(25)22-17-6-2-1-5-15(17)18(24)21-11-13-4-3-9-28-13/h1-10H,11H2,(H,21,24)(H,22,25). The molecule has 9 heteroatoms. The van der Waals surface area contributed by atoms with Crippen molar-refractivity contribution >= 4 is 34.8 Å². The minimum absolute atomic E-state index is 0.0538. The number of hydrogen-bond acceptors (Lipinski definition) is 5. The van der Waals surface area contributed by atoms with Crippen LogP contribution in [0.5, 0.6) is 0 Å². The van der Waals surface area contributed by atoms with Crippen LogP contribution in [0.15, 0.2) is 65.3 Å². The highest BCUT2D eigenvalue weighted by atomic mass is 35.5. The van der Waals surface area contributed by atoms with Crippen LogP contribution in [0.2, 0.25) is 5.02 Å². The fraction of sp³-hybridized carbons (Fsp3) is 0.0526. The van der Waals surface area contributed by atoms with Crippen LogP contribution in [0, 0.1) is 10.1 Å². The Morgan fingerprint density at radius 1 is 1.04 bits per heavy atom. The van der Waals surface area contributed by atoms with E-state index in [1.165, 1.54) is 18.4 Å². The number of furan rings is 1. The van der Waals surface area contributed by atoms with Gasteiger partial charge in [0.25, 0.3) is 17.5 Å². The Morgan fingerprint density at radius 2 is 1.82 bits per heavy atom. The highest BCUT2D eigenvalue weighted by Crippen LogP contribution is 2.24. The summed E-state index contributed by atoms with van der Waals surface area (Å²) < 4.78 is 5.16. The number of non-ortho nitro benzene ring substituents is 1. The normalized spacial score (nSPS) is 10.3. The Bertz CT molecular complexity index is 1030. The van der Waals surface area contributed by atoms with Crippen molar-refractivity contribution in [1.29, 1.82) is 0 Å². The molecular formula is C19H14ClN3O5. The van der Waals surface area contributed by atoms with Crippen molar-refractivity contribution in [2.45, 2.75) is 6.54 Å². The molecule has 3 rings (SSSR count). The van der Waals surface area contributed by atoms with Gasteiger partial charge in [-0.15, -0.1) is 0 Å². The second kappa shape index (κ2) is 8.36. The molecule has 0 unspecified atom stereocenters. The van der Waals surface area contributed by atoms with Crippen LogP contribution in [-0.4, -0.2) is 16.7 Å². The van der Waals surface area contributed by atoms with Gasteiger partial charge in [-0.05, 0) is 30.3 Å². The molecule has 3 aromatic rings. The number of benzene rings is 2. The number of nitrogens with one attached hydrogen (secondary N) is 2. The summed E-state index contributed by atoms with van der Waals surface area (Å²) in [4.78, 5) is 35.2. The predicted octanol–water partition coefficient (Wildman–Crippen LogP) is 4.02. The zero-order chi connectivity index (χ0) is 20.1. The smallest absolute Gasteiger partial charge is 0.270 e. The van der Waals surface area contributed by atoms with E-state index >= 15 is 0 Å². The van der Waals surface area contributed by atoms with Crippen molar-refractivity contribution in [3.05, 3.63) is 92.9 Å². The SMILES string of the molecule is O=C(Nc1ccccc1C(=O)NCc1ccco1)c1ccc([N+](=O)[O-])cc1Cl. The van der Waals surface area contributed by atoms with Gasteiger partial charge in [-0.2, -0.15) is 0 Å². The lowest BCUT2D eigenvalue weighted by Gasteiger charge is -2.11. The Labute approximate surface area is 164 Å². The molecule has 0 radical (unpaired) electrons. The van der Waals surface area contributed by atoms with Crippen molar-refractivity contribution in [2.75, 3.05) is 5.32 Å². The van der Waals surface area contributed by atoms with E-state index < -0.39 is 16.7 Å². The fourth-order valence-corrected chi connectivity index (χ4v) is 2.72. The lowest BCUT2D eigenvalue weighted by molar-refractivity contribution is -0.384. The Morgan fingerprint density at radius 3 is 2.50 bits per heavy atom. The highest BCUT2D eigenvalue weighted by molar-refractivity contribution is 6.34. The zero-order valence-electron chi connectivity index (χ0n) is 14.3. The first-order valence-electron chi connectivity index (χ1n) is 8.10. The van der Waals surface area contributed by atoms with Crippen LogP contribution in [0.1, 0.15) is 26.5 Å². The molecule has 8 nitrogen and oxygen atoms in total. The average Bonchev–Trinajstić information content (AvgIpc) is 3.20. The maximum atomic E-state index is 12.5. The molecule has 0 atom stereocenters. The molecular weight excluding hydrogens is 386 g/mol. The van der Waals surface area contributed by atoms with E-state index in [2.05, 4.69) is 10.6 Å². The summed E-state index contributed by atoms with van der Waals surface area (Å²) in [7, 11) is 0. The topological polar surface area (TPSA) is 114 Å². The number of rotatable bonds is 6. The summed E-state index contributed by atoms with van der Waals surface area (Å²) in [5.41, 5.74) is 0.358. The first kappa shape index (κ1) is 19.1. The van der Waals surface area contributed by atoms with Crippen LogP contribution >= 0.6 is 11.6 Å². The van der Waals surface area contributed by atoms with Crippen molar-refractivity contribution in [3.8, 4) is 0 Å². The van der Waals surface area contributed by atoms with Gasteiger partial charge in [-0.1, -0.05) is 23.7 Å². The molecule has 2 amide bonds. The number of carbonyl (C=O) groups is 2. The van der Waals surface area contributed by atoms with E-state index in [-0.39, 0.29) is 34.1 Å². The number of carbonyl (C=O) groups excluding carboxylic acids is 2. The second-order valence-corrected chi connectivity index (χ2v) is 6.09.